The number of benzene rings is 1. The highest BCUT2D eigenvalue weighted by molar-refractivity contribution is 9.09. The zero-order valence-corrected chi connectivity index (χ0v) is 22.8. The van der Waals surface area contributed by atoms with Crippen molar-refractivity contribution in [3.63, 3.8) is 0 Å². The van der Waals surface area contributed by atoms with E-state index in [1.807, 2.05) is 6.92 Å². The van der Waals surface area contributed by atoms with Crippen LogP contribution >= 0.6 is 15.9 Å². The van der Waals surface area contributed by atoms with Gasteiger partial charge < -0.3 is 9.04 Å². The molecule has 0 aliphatic carbocycles. The van der Waals surface area contributed by atoms with E-state index < -0.39 is 10.1 Å². The quantitative estimate of drug-likeness (QED) is 0.0750. The summed E-state index contributed by atoms with van der Waals surface area (Å²) in [6.07, 6.45) is 18.8. The summed E-state index contributed by atoms with van der Waals surface area (Å²) in [7, 11) is 0.332. The van der Waals surface area contributed by atoms with Crippen LogP contribution in [0.15, 0.2) is 29.2 Å². The molecular weight excluding hydrogens is 474 g/mol. The van der Waals surface area contributed by atoms with Crippen LogP contribution in [0.4, 0.5) is 0 Å². The van der Waals surface area contributed by atoms with Crippen molar-refractivity contribution < 1.29 is 17.5 Å². The fourth-order valence-corrected chi connectivity index (χ4v) is 4.04. The SMILES string of the molecule is CCCCCCCCCCCCCCC[N+](C)(C)CBr.Cc1ccc(S(=O)(=O)[O-])cc1. The highest BCUT2D eigenvalue weighted by Crippen LogP contribution is 2.13. The van der Waals surface area contributed by atoms with Crippen molar-refractivity contribution in [2.75, 3.05) is 26.1 Å². The van der Waals surface area contributed by atoms with Gasteiger partial charge in [0.1, 0.15) is 15.6 Å². The molecule has 0 unspecified atom stereocenters. The Labute approximate surface area is 201 Å². The van der Waals surface area contributed by atoms with Gasteiger partial charge in [-0.25, -0.2) is 8.42 Å². The summed E-state index contributed by atoms with van der Waals surface area (Å²) in [6.45, 7) is 5.42. The van der Waals surface area contributed by atoms with E-state index in [4.69, 9.17) is 0 Å². The second-order valence-electron chi connectivity index (χ2n) is 9.29. The van der Waals surface area contributed by atoms with E-state index in [0.29, 0.717) is 0 Å². The summed E-state index contributed by atoms with van der Waals surface area (Å²) >= 11 is 3.58. The summed E-state index contributed by atoms with van der Waals surface area (Å²) in [5.74, 6) is 0. The Kier molecular flexibility index (Phi) is 17.8. The lowest BCUT2D eigenvalue weighted by Crippen LogP contribution is -2.38. The van der Waals surface area contributed by atoms with Gasteiger partial charge in [0.05, 0.1) is 25.5 Å². The van der Waals surface area contributed by atoms with E-state index in [0.717, 1.165) is 15.5 Å². The van der Waals surface area contributed by atoms with Gasteiger partial charge in [-0.3, -0.25) is 0 Å². The van der Waals surface area contributed by atoms with Crippen molar-refractivity contribution in [3.8, 4) is 0 Å². The number of hydrogen-bond acceptors (Lipinski definition) is 3. The molecule has 31 heavy (non-hydrogen) atoms. The third kappa shape index (κ3) is 18.8. The molecule has 0 atom stereocenters. The second-order valence-corrected chi connectivity index (χ2v) is 11.2. The molecule has 0 aliphatic heterocycles. The van der Waals surface area contributed by atoms with Crippen LogP contribution in [0.1, 0.15) is 96.0 Å². The molecule has 0 radical (unpaired) electrons. The molecular formula is C25H46BrNO3S. The Morgan fingerprint density at radius 2 is 1.16 bits per heavy atom. The number of aryl methyl sites for hydroxylation is 1. The standard InChI is InChI=1S/C18H39BrN.C7H8O3S/c1-4-5-6-7-8-9-10-11-12-13-14-15-16-17-20(2,3)18-19;1-6-2-4-7(5-3-6)11(8,9)10/h4-18H2,1-3H3;2-5H,1H3,(H,8,9,10)/q+1;/p-1. The average molecular weight is 521 g/mol. The summed E-state index contributed by atoms with van der Waals surface area (Å²) in [5, 5.41) is 0. The van der Waals surface area contributed by atoms with Gasteiger partial charge in [-0.05, 0) is 47.8 Å². The van der Waals surface area contributed by atoms with Crippen LogP contribution in [-0.2, 0) is 10.1 Å². The lowest BCUT2D eigenvalue weighted by Gasteiger charge is -2.26. The van der Waals surface area contributed by atoms with Gasteiger partial charge in [0.2, 0.25) is 0 Å². The van der Waals surface area contributed by atoms with Gasteiger partial charge in [0.25, 0.3) is 0 Å². The van der Waals surface area contributed by atoms with Crippen molar-refractivity contribution in [1.82, 2.24) is 0 Å². The number of nitrogens with zero attached hydrogens (tertiary/aromatic N) is 1. The van der Waals surface area contributed by atoms with Crippen molar-refractivity contribution in [3.05, 3.63) is 29.8 Å². The summed E-state index contributed by atoms with van der Waals surface area (Å²) in [5.41, 5.74) is 2.00. The van der Waals surface area contributed by atoms with Crippen molar-refractivity contribution >= 4 is 26.0 Å². The first-order valence-corrected chi connectivity index (χ1v) is 14.6. The fourth-order valence-electron chi connectivity index (χ4n) is 3.32. The average Bonchev–Trinajstić information content (AvgIpc) is 2.71. The molecule has 0 aliphatic rings. The van der Waals surface area contributed by atoms with Gasteiger partial charge in [0, 0.05) is 0 Å². The van der Waals surface area contributed by atoms with Crippen molar-refractivity contribution in [2.45, 2.75) is 102 Å². The molecule has 6 heteroatoms. The maximum atomic E-state index is 10.4. The van der Waals surface area contributed by atoms with Crippen molar-refractivity contribution in [1.29, 1.82) is 0 Å². The van der Waals surface area contributed by atoms with E-state index in [1.54, 1.807) is 12.1 Å². The molecule has 0 spiro atoms. The normalized spacial score (nSPS) is 11.8. The van der Waals surface area contributed by atoms with E-state index in [9.17, 15) is 13.0 Å². The summed E-state index contributed by atoms with van der Waals surface area (Å²) < 4.78 is 32.3. The molecule has 1 aromatic carbocycles. The first kappa shape index (κ1) is 30.6. The van der Waals surface area contributed by atoms with Crippen LogP contribution in [0, 0.1) is 6.92 Å². The number of halogens is 1. The Hall–Kier alpha value is -0.430. The molecule has 1 rings (SSSR count). The molecule has 0 N–H and O–H groups in total. The Balaban J connectivity index is 0.000000683. The topological polar surface area (TPSA) is 57.2 Å². The van der Waals surface area contributed by atoms with E-state index in [-0.39, 0.29) is 4.90 Å². The van der Waals surface area contributed by atoms with Crippen LogP contribution in [0.3, 0.4) is 0 Å². The number of quaternary nitrogens is 1. The zero-order chi connectivity index (χ0) is 23.6. The monoisotopic (exact) mass is 519 g/mol. The van der Waals surface area contributed by atoms with Crippen LogP contribution in [0.2, 0.25) is 0 Å². The minimum absolute atomic E-state index is 0.178. The van der Waals surface area contributed by atoms with Gasteiger partial charge in [-0.15, -0.1) is 0 Å². The van der Waals surface area contributed by atoms with Crippen LogP contribution < -0.4 is 0 Å². The number of hydrogen-bond donors (Lipinski definition) is 0. The Morgan fingerprint density at radius 3 is 1.52 bits per heavy atom. The highest BCUT2D eigenvalue weighted by atomic mass is 79.9. The maximum Gasteiger partial charge on any atom is 0.133 e. The van der Waals surface area contributed by atoms with Gasteiger partial charge in [0.15, 0.2) is 0 Å². The molecule has 1 aromatic rings. The van der Waals surface area contributed by atoms with Crippen LogP contribution in [0.25, 0.3) is 0 Å². The Morgan fingerprint density at radius 1 is 0.774 bits per heavy atom. The molecule has 0 amide bonds. The van der Waals surface area contributed by atoms with Crippen LogP contribution in [0.5, 0.6) is 0 Å². The number of rotatable bonds is 16. The maximum absolute atomic E-state index is 10.4. The van der Waals surface area contributed by atoms with Crippen molar-refractivity contribution in [2.24, 2.45) is 0 Å². The molecule has 0 aromatic heterocycles. The van der Waals surface area contributed by atoms with E-state index in [2.05, 4.69) is 36.9 Å². The predicted molar refractivity (Wildman–Crippen MR) is 136 cm³/mol. The highest BCUT2D eigenvalue weighted by Gasteiger charge is 2.10. The predicted octanol–water partition coefficient (Wildman–Crippen LogP) is 7.41. The first-order chi connectivity index (χ1) is 14.6. The largest absolute Gasteiger partial charge is 0.744 e. The molecule has 0 bridgehead atoms. The molecule has 0 saturated heterocycles. The van der Waals surface area contributed by atoms with Gasteiger partial charge in [-0.2, -0.15) is 0 Å². The van der Waals surface area contributed by atoms with Crippen LogP contribution in [-0.4, -0.2) is 43.5 Å². The Bertz CT molecular complexity index is 645. The van der Waals surface area contributed by atoms with Gasteiger partial charge in [-0.1, -0.05) is 95.2 Å². The summed E-state index contributed by atoms with van der Waals surface area (Å²) in [4.78, 5) is -0.178. The third-order valence-corrected chi connectivity index (χ3v) is 7.71. The fraction of sp³-hybridized carbons (Fsp3) is 0.760. The number of alkyl halides is 1. The zero-order valence-electron chi connectivity index (χ0n) is 20.4. The first-order valence-electron chi connectivity index (χ1n) is 12.0. The molecule has 0 fully saturated rings. The molecule has 0 saturated carbocycles. The number of unbranched alkanes of at least 4 members (excludes halogenated alkanes) is 12. The minimum atomic E-state index is -4.27. The molecule has 182 valence electrons. The lowest BCUT2D eigenvalue weighted by atomic mass is 10.0. The van der Waals surface area contributed by atoms with Gasteiger partial charge >= 0.3 is 0 Å². The summed E-state index contributed by atoms with van der Waals surface area (Å²) in [6, 6.07) is 5.78. The molecule has 4 nitrogen and oxygen atoms in total. The molecule has 0 heterocycles. The lowest BCUT2D eigenvalue weighted by molar-refractivity contribution is -0.876. The third-order valence-electron chi connectivity index (χ3n) is 5.50. The minimum Gasteiger partial charge on any atom is -0.744 e. The van der Waals surface area contributed by atoms with E-state index in [1.165, 1.54) is 102 Å². The smallest absolute Gasteiger partial charge is 0.133 e. The second kappa shape index (κ2) is 18.0. The van der Waals surface area contributed by atoms with E-state index >= 15 is 0 Å².